The topological polar surface area (TPSA) is 12.9 Å². The maximum absolute atomic E-state index is 14.4. The summed E-state index contributed by atoms with van der Waals surface area (Å²) in [4.78, 5) is 4.11. The van der Waals surface area contributed by atoms with Gasteiger partial charge in [0.25, 0.3) is 0 Å². The molecule has 0 aliphatic heterocycles. The normalized spacial score (nSPS) is 21.1. The van der Waals surface area contributed by atoms with E-state index in [1.54, 1.807) is 12.3 Å². The molecule has 0 amide bonds. The fraction of sp³-hybridized carbons (Fsp3) is 0.545. The van der Waals surface area contributed by atoms with Crippen LogP contribution in [0.3, 0.4) is 0 Å². The van der Waals surface area contributed by atoms with Crippen molar-refractivity contribution in [3.8, 4) is 0 Å². The van der Waals surface area contributed by atoms with Crippen molar-refractivity contribution in [2.75, 3.05) is 0 Å². The lowest BCUT2D eigenvalue weighted by Crippen LogP contribution is -2.22. The van der Waals surface area contributed by atoms with E-state index in [1.165, 1.54) is 0 Å². The molecule has 1 nitrogen and oxygen atoms in total. The van der Waals surface area contributed by atoms with Gasteiger partial charge in [0.2, 0.25) is 0 Å². The van der Waals surface area contributed by atoms with Crippen molar-refractivity contribution in [2.24, 2.45) is 5.92 Å². The Kier molecular flexibility index (Phi) is 2.06. The first-order valence-corrected chi connectivity index (χ1v) is 4.88. The van der Waals surface area contributed by atoms with Crippen molar-refractivity contribution in [1.29, 1.82) is 0 Å². The Morgan fingerprint density at radius 1 is 1.54 bits per heavy atom. The van der Waals surface area contributed by atoms with Crippen molar-refractivity contribution in [3.05, 3.63) is 30.1 Å². The zero-order valence-corrected chi connectivity index (χ0v) is 7.83. The van der Waals surface area contributed by atoms with E-state index in [4.69, 9.17) is 0 Å². The molecule has 1 aromatic rings. The van der Waals surface area contributed by atoms with Crippen LogP contribution >= 0.6 is 0 Å². The first-order valence-electron chi connectivity index (χ1n) is 4.88. The van der Waals surface area contributed by atoms with E-state index in [0.717, 1.165) is 12.8 Å². The van der Waals surface area contributed by atoms with Crippen LogP contribution in [-0.2, 0) is 5.67 Å². The first-order chi connectivity index (χ1) is 6.27. The van der Waals surface area contributed by atoms with Crippen LogP contribution in [0, 0.1) is 5.92 Å². The molecular weight excluding hydrogens is 165 g/mol. The Morgan fingerprint density at radius 2 is 2.31 bits per heavy atom. The van der Waals surface area contributed by atoms with Crippen LogP contribution in [0.2, 0.25) is 0 Å². The number of halogens is 1. The average Bonchev–Trinajstić information content (AvgIpc) is 3.02. The maximum atomic E-state index is 14.4. The molecule has 1 unspecified atom stereocenters. The van der Waals surface area contributed by atoms with E-state index in [0.29, 0.717) is 12.1 Å². The fourth-order valence-electron chi connectivity index (χ4n) is 1.83. The molecule has 1 aliphatic rings. The summed E-state index contributed by atoms with van der Waals surface area (Å²) in [5.41, 5.74) is -0.554. The van der Waals surface area contributed by atoms with Gasteiger partial charge in [-0.1, -0.05) is 13.0 Å². The van der Waals surface area contributed by atoms with Gasteiger partial charge in [-0.25, -0.2) is 4.39 Å². The van der Waals surface area contributed by atoms with Gasteiger partial charge in [-0.2, -0.15) is 0 Å². The molecule has 0 N–H and O–H groups in total. The zero-order chi connectivity index (χ0) is 9.31. The summed E-state index contributed by atoms with van der Waals surface area (Å²) < 4.78 is 14.4. The monoisotopic (exact) mass is 179 g/mol. The number of hydrogen-bond acceptors (Lipinski definition) is 1. The Morgan fingerprint density at radius 3 is 2.77 bits per heavy atom. The van der Waals surface area contributed by atoms with E-state index in [2.05, 4.69) is 4.98 Å². The molecular formula is C11H14FN. The number of hydrogen-bond donors (Lipinski definition) is 0. The van der Waals surface area contributed by atoms with Gasteiger partial charge in [0, 0.05) is 6.20 Å². The SMILES string of the molecule is CCC(F)(c1ccccn1)C1CC1. The summed E-state index contributed by atoms with van der Waals surface area (Å²) in [5, 5.41) is 0. The van der Waals surface area contributed by atoms with E-state index in [1.807, 2.05) is 19.1 Å². The highest BCUT2D eigenvalue weighted by Gasteiger charge is 2.46. The average molecular weight is 179 g/mol. The van der Waals surface area contributed by atoms with Crippen molar-refractivity contribution < 1.29 is 4.39 Å². The third-order valence-electron chi connectivity index (χ3n) is 2.83. The van der Waals surface area contributed by atoms with Gasteiger partial charge < -0.3 is 0 Å². The minimum atomic E-state index is -1.17. The third-order valence-corrected chi connectivity index (χ3v) is 2.83. The molecule has 1 fully saturated rings. The Hall–Kier alpha value is -0.920. The van der Waals surface area contributed by atoms with Crippen LogP contribution in [0.5, 0.6) is 0 Å². The Labute approximate surface area is 78.0 Å². The van der Waals surface area contributed by atoms with Gasteiger partial charge in [-0.15, -0.1) is 0 Å². The predicted octanol–water partition coefficient (Wildman–Crippen LogP) is 3.07. The number of nitrogens with zero attached hydrogens (tertiary/aromatic N) is 1. The minimum Gasteiger partial charge on any atom is -0.258 e. The number of pyridine rings is 1. The predicted molar refractivity (Wildman–Crippen MR) is 50.0 cm³/mol. The minimum absolute atomic E-state index is 0.215. The van der Waals surface area contributed by atoms with Crippen LogP contribution in [0.1, 0.15) is 31.9 Å². The molecule has 0 spiro atoms. The molecule has 1 saturated carbocycles. The van der Waals surface area contributed by atoms with Crippen molar-refractivity contribution in [2.45, 2.75) is 31.9 Å². The fourth-order valence-corrected chi connectivity index (χ4v) is 1.83. The standard InChI is InChI=1S/C11H14FN/c1-2-11(12,9-6-7-9)10-5-3-4-8-13-10/h3-5,8-9H,2,6-7H2,1H3. The molecule has 1 aliphatic carbocycles. The molecule has 0 radical (unpaired) electrons. The second-order valence-electron chi connectivity index (χ2n) is 3.71. The largest absolute Gasteiger partial charge is 0.258 e. The summed E-state index contributed by atoms with van der Waals surface area (Å²) in [6.07, 6.45) is 4.23. The number of rotatable bonds is 3. The second-order valence-corrected chi connectivity index (χ2v) is 3.71. The summed E-state index contributed by atoms with van der Waals surface area (Å²) >= 11 is 0. The lowest BCUT2D eigenvalue weighted by molar-refractivity contribution is 0.120. The summed E-state index contributed by atoms with van der Waals surface area (Å²) in [6, 6.07) is 5.48. The van der Waals surface area contributed by atoms with Crippen LogP contribution in [0.4, 0.5) is 4.39 Å². The second kappa shape index (κ2) is 3.09. The molecule has 70 valence electrons. The first kappa shape index (κ1) is 8.67. The van der Waals surface area contributed by atoms with Crippen LogP contribution in [-0.4, -0.2) is 4.98 Å². The lowest BCUT2D eigenvalue weighted by atomic mass is 9.92. The van der Waals surface area contributed by atoms with Crippen LogP contribution < -0.4 is 0 Å². The van der Waals surface area contributed by atoms with Crippen molar-refractivity contribution in [3.63, 3.8) is 0 Å². The van der Waals surface area contributed by atoms with Gasteiger partial charge in [0.15, 0.2) is 5.67 Å². The quantitative estimate of drug-likeness (QED) is 0.695. The highest BCUT2D eigenvalue weighted by molar-refractivity contribution is 5.16. The van der Waals surface area contributed by atoms with Crippen LogP contribution in [0.15, 0.2) is 24.4 Å². The van der Waals surface area contributed by atoms with Gasteiger partial charge in [0.05, 0.1) is 5.69 Å². The van der Waals surface area contributed by atoms with E-state index >= 15 is 0 Å². The maximum Gasteiger partial charge on any atom is 0.155 e. The van der Waals surface area contributed by atoms with Crippen LogP contribution in [0.25, 0.3) is 0 Å². The molecule has 2 heteroatoms. The molecule has 1 atom stereocenters. The molecule has 0 bridgehead atoms. The summed E-state index contributed by atoms with van der Waals surface area (Å²) in [6.45, 7) is 1.90. The summed E-state index contributed by atoms with van der Waals surface area (Å²) in [5.74, 6) is 0.215. The highest BCUT2D eigenvalue weighted by atomic mass is 19.1. The highest BCUT2D eigenvalue weighted by Crippen LogP contribution is 2.49. The molecule has 2 rings (SSSR count). The molecule has 13 heavy (non-hydrogen) atoms. The number of aromatic nitrogens is 1. The van der Waals surface area contributed by atoms with E-state index in [-0.39, 0.29) is 5.92 Å². The lowest BCUT2D eigenvalue weighted by Gasteiger charge is -2.22. The Bertz CT molecular complexity index is 281. The van der Waals surface area contributed by atoms with E-state index in [9.17, 15) is 4.39 Å². The smallest absolute Gasteiger partial charge is 0.155 e. The molecule has 1 aromatic heterocycles. The van der Waals surface area contributed by atoms with Gasteiger partial charge in [-0.05, 0) is 37.3 Å². The molecule has 0 saturated heterocycles. The van der Waals surface area contributed by atoms with E-state index < -0.39 is 5.67 Å². The van der Waals surface area contributed by atoms with Crippen molar-refractivity contribution in [1.82, 2.24) is 4.98 Å². The van der Waals surface area contributed by atoms with Gasteiger partial charge in [0.1, 0.15) is 0 Å². The number of alkyl halides is 1. The van der Waals surface area contributed by atoms with Gasteiger partial charge in [-0.3, -0.25) is 4.98 Å². The third kappa shape index (κ3) is 1.45. The Balaban J connectivity index is 2.30. The van der Waals surface area contributed by atoms with Gasteiger partial charge >= 0.3 is 0 Å². The molecule has 0 aromatic carbocycles. The molecule has 1 heterocycles. The van der Waals surface area contributed by atoms with Crippen molar-refractivity contribution >= 4 is 0 Å². The zero-order valence-electron chi connectivity index (χ0n) is 7.83. The summed E-state index contributed by atoms with van der Waals surface area (Å²) in [7, 11) is 0.